The van der Waals surface area contributed by atoms with Gasteiger partial charge in [-0.1, -0.05) is 20.8 Å². The average Bonchev–Trinajstić information content (AvgIpc) is 2.30. The van der Waals surface area contributed by atoms with Crippen LogP contribution in [0.3, 0.4) is 0 Å². The zero-order valence-corrected chi connectivity index (χ0v) is 8.63. The highest BCUT2D eigenvalue weighted by molar-refractivity contribution is 5.12. The van der Waals surface area contributed by atoms with Crippen LogP contribution < -0.4 is 0 Å². The van der Waals surface area contributed by atoms with Gasteiger partial charge in [-0.3, -0.25) is 4.68 Å². The van der Waals surface area contributed by atoms with Crippen molar-refractivity contribution in [1.29, 1.82) is 0 Å². The maximum Gasteiger partial charge on any atom is 0.0657 e. The fourth-order valence-electron chi connectivity index (χ4n) is 1.15. The first-order chi connectivity index (χ1) is 5.52. The highest BCUT2D eigenvalue weighted by Gasteiger charge is 2.13. The van der Waals surface area contributed by atoms with Crippen molar-refractivity contribution < 1.29 is 0 Å². The van der Waals surface area contributed by atoms with Gasteiger partial charge in [-0.05, 0) is 18.9 Å². The molecule has 0 aliphatic heterocycles. The zero-order chi connectivity index (χ0) is 9.30. The van der Waals surface area contributed by atoms with Crippen molar-refractivity contribution in [2.45, 2.75) is 33.6 Å². The van der Waals surface area contributed by atoms with E-state index in [9.17, 15) is 0 Å². The van der Waals surface area contributed by atoms with E-state index in [-0.39, 0.29) is 0 Å². The van der Waals surface area contributed by atoms with Crippen LogP contribution in [0.25, 0.3) is 0 Å². The SMILES string of the molecule is Cc1cc(C(C)C(C)C)nn1C. The fraction of sp³-hybridized carbons (Fsp3) is 0.700. The molecule has 1 unspecified atom stereocenters. The first-order valence-electron chi connectivity index (χ1n) is 4.53. The minimum Gasteiger partial charge on any atom is -0.273 e. The summed E-state index contributed by atoms with van der Waals surface area (Å²) in [5, 5.41) is 4.45. The number of aromatic nitrogens is 2. The molecule has 0 radical (unpaired) electrons. The first-order valence-corrected chi connectivity index (χ1v) is 4.53. The smallest absolute Gasteiger partial charge is 0.0657 e. The molecule has 0 fully saturated rings. The van der Waals surface area contributed by atoms with Crippen LogP contribution in [0.4, 0.5) is 0 Å². The molecule has 0 N–H and O–H groups in total. The fourth-order valence-corrected chi connectivity index (χ4v) is 1.15. The zero-order valence-electron chi connectivity index (χ0n) is 8.63. The highest BCUT2D eigenvalue weighted by Crippen LogP contribution is 2.22. The van der Waals surface area contributed by atoms with Gasteiger partial charge < -0.3 is 0 Å². The molecule has 68 valence electrons. The Hall–Kier alpha value is -0.790. The summed E-state index contributed by atoms with van der Waals surface area (Å²) >= 11 is 0. The molecule has 1 heterocycles. The summed E-state index contributed by atoms with van der Waals surface area (Å²) < 4.78 is 1.94. The molecule has 0 aliphatic rings. The molecule has 0 spiro atoms. The van der Waals surface area contributed by atoms with Crippen LogP contribution in [0.2, 0.25) is 0 Å². The van der Waals surface area contributed by atoms with E-state index >= 15 is 0 Å². The number of hydrogen-bond acceptors (Lipinski definition) is 1. The van der Waals surface area contributed by atoms with E-state index in [1.807, 2.05) is 11.7 Å². The lowest BCUT2D eigenvalue weighted by Crippen LogP contribution is -2.03. The summed E-state index contributed by atoms with van der Waals surface area (Å²) in [6.45, 7) is 8.78. The summed E-state index contributed by atoms with van der Waals surface area (Å²) in [5.74, 6) is 1.23. The van der Waals surface area contributed by atoms with Crippen molar-refractivity contribution in [2.75, 3.05) is 0 Å². The molecule has 1 rings (SSSR count). The minimum atomic E-state index is 0.560. The molecule has 1 aromatic heterocycles. The second-order valence-electron chi connectivity index (χ2n) is 3.87. The van der Waals surface area contributed by atoms with Crippen LogP contribution >= 0.6 is 0 Å². The first kappa shape index (κ1) is 9.30. The molecule has 0 amide bonds. The second-order valence-corrected chi connectivity index (χ2v) is 3.87. The largest absolute Gasteiger partial charge is 0.273 e. The van der Waals surface area contributed by atoms with Crippen LogP contribution in [0, 0.1) is 12.8 Å². The lowest BCUT2D eigenvalue weighted by molar-refractivity contribution is 0.516. The van der Waals surface area contributed by atoms with Gasteiger partial charge in [0.05, 0.1) is 5.69 Å². The van der Waals surface area contributed by atoms with Gasteiger partial charge in [0.15, 0.2) is 0 Å². The maximum absolute atomic E-state index is 4.45. The van der Waals surface area contributed by atoms with E-state index in [1.165, 1.54) is 11.4 Å². The minimum absolute atomic E-state index is 0.560. The molecule has 12 heavy (non-hydrogen) atoms. The summed E-state index contributed by atoms with van der Waals surface area (Å²) in [4.78, 5) is 0. The third-order valence-corrected chi connectivity index (χ3v) is 2.60. The Morgan fingerprint density at radius 1 is 1.33 bits per heavy atom. The van der Waals surface area contributed by atoms with Gasteiger partial charge in [0.1, 0.15) is 0 Å². The van der Waals surface area contributed by atoms with E-state index in [0.29, 0.717) is 11.8 Å². The topological polar surface area (TPSA) is 17.8 Å². The van der Waals surface area contributed by atoms with Crippen LogP contribution in [0.15, 0.2) is 6.07 Å². The van der Waals surface area contributed by atoms with Crippen LogP contribution in [0.5, 0.6) is 0 Å². The van der Waals surface area contributed by atoms with Crippen molar-refractivity contribution in [2.24, 2.45) is 13.0 Å². The van der Waals surface area contributed by atoms with Crippen LogP contribution in [-0.2, 0) is 7.05 Å². The van der Waals surface area contributed by atoms with Crippen molar-refractivity contribution in [3.8, 4) is 0 Å². The van der Waals surface area contributed by atoms with Crippen molar-refractivity contribution >= 4 is 0 Å². The van der Waals surface area contributed by atoms with Gasteiger partial charge in [-0.15, -0.1) is 0 Å². The lowest BCUT2D eigenvalue weighted by Gasteiger charge is -2.11. The molecule has 0 aliphatic carbocycles. The Morgan fingerprint density at radius 2 is 1.92 bits per heavy atom. The predicted octanol–water partition coefficient (Wildman–Crippen LogP) is 2.49. The Labute approximate surface area is 74.6 Å². The van der Waals surface area contributed by atoms with Gasteiger partial charge in [0, 0.05) is 18.7 Å². The molecule has 1 atom stereocenters. The van der Waals surface area contributed by atoms with E-state index < -0.39 is 0 Å². The maximum atomic E-state index is 4.45. The van der Waals surface area contributed by atoms with Crippen LogP contribution in [-0.4, -0.2) is 9.78 Å². The van der Waals surface area contributed by atoms with Gasteiger partial charge >= 0.3 is 0 Å². The third-order valence-electron chi connectivity index (χ3n) is 2.60. The van der Waals surface area contributed by atoms with E-state index in [2.05, 4.69) is 38.9 Å². The summed E-state index contributed by atoms with van der Waals surface area (Å²) in [6.07, 6.45) is 0. The normalized spacial score (nSPS) is 13.8. The quantitative estimate of drug-likeness (QED) is 0.660. The van der Waals surface area contributed by atoms with E-state index in [4.69, 9.17) is 0 Å². The summed E-state index contributed by atoms with van der Waals surface area (Å²) in [6, 6.07) is 2.17. The molecule has 2 heteroatoms. The Morgan fingerprint density at radius 3 is 2.25 bits per heavy atom. The summed E-state index contributed by atoms with van der Waals surface area (Å²) in [5.41, 5.74) is 2.45. The standard InChI is InChI=1S/C10H18N2/c1-7(2)9(4)10-6-8(3)12(5)11-10/h6-7,9H,1-5H3. The highest BCUT2D eigenvalue weighted by atomic mass is 15.3. The molecular formula is C10H18N2. The van der Waals surface area contributed by atoms with E-state index in [0.717, 1.165) is 0 Å². The van der Waals surface area contributed by atoms with Crippen molar-refractivity contribution in [3.05, 3.63) is 17.5 Å². The molecule has 2 nitrogen and oxygen atoms in total. The molecule has 0 saturated heterocycles. The van der Waals surface area contributed by atoms with Crippen molar-refractivity contribution in [3.63, 3.8) is 0 Å². The van der Waals surface area contributed by atoms with Crippen LogP contribution in [0.1, 0.15) is 38.1 Å². The predicted molar refractivity (Wildman–Crippen MR) is 51.2 cm³/mol. The molecule has 0 aromatic carbocycles. The lowest BCUT2D eigenvalue weighted by atomic mass is 9.95. The molecule has 0 bridgehead atoms. The monoisotopic (exact) mass is 166 g/mol. The Kier molecular flexibility index (Phi) is 2.55. The van der Waals surface area contributed by atoms with Crippen molar-refractivity contribution in [1.82, 2.24) is 9.78 Å². The Balaban J connectivity index is 2.89. The van der Waals surface area contributed by atoms with Gasteiger partial charge in [0.25, 0.3) is 0 Å². The number of nitrogens with zero attached hydrogens (tertiary/aromatic N) is 2. The molecule has 0 saturated carbocycles. The number of hydrogen-bond donors (Lipinski definition) is 0. The average molecular weight is 166 g/mol. The number of aryl methyl sites for hydroxylation is 2. The second kappa shape index (κ2) is 3.30. The number of rotatable bonds is 2. The van der Waals surface area contributed by atoms with Gasteiger partial charge in [-0.25, -0.2) is 0 Å². The molecule has 1 aromatic rings. The summed E-state index contributed by atoms with van der Waals surface area (Å²) in [7, 11) is 1.99. The van der Waals surface area contributed by atoms with Gasteiger partial charge in [0.2, 0.25) is 0 Å². The molecular weight excluding hydrogens is 148 g/mol. The Bertz CT molecular complexity index is 241. The van der Waals surface area contributed by atoms with E-state index in [1.54, 1.807) is 0 Å². The third kappa shape index (κ3) is 1.68. The van der Waals surface area contributed by atoms with Gasteiger partial charge in [-0.2, -0.15) is 5.10 Å².